The summed E-state index contributed by atoms with van der Waals surface area (Å²) >= 11 is 6.03. The maximum Gasteiger partial charge on any atom is 0.251 e. The molecule has 0 aliphatic carbocycles. The highest BCUT2D eigenvalue weighted by molar-refractivity contribution is 6.32. The molecule has 1 heterocycles. The lowest BCUT2D eigenvalue weighted by molar-refractivity contribution is 0.0953. The molecule has 118 valence electrons. The molecular weight excluding hydrogens is 319 g/mol. The van der Waals surface area contributed by atoms with Crippen LogP contribution in [-0.4, -0.2) is 46.1 Å². The Bertz CT molecular complexity index is 485. The van der Waals surface area contributed by atoms with Gasteiger partial charge in [0.2, 0.25) is 6.79 Å². The lowest BCUT2D eigenvalue weighted by atomic mass is 10.2. The van der Waals surface area contributed by atoms with Gasteiger partial charge in [0.25, 0.3) is 5.91 Å². The summed E-state index contributed by atoms with van der Waals surface area (Å²) in [4.78, 5) is 12.0. The number of carbonyl (C=O) groups is 1. The van der Waals surface area contributed by atoms with E-state index in [0.29, 0.717) is 41.8 Å². The van der Waals surface area contributed by atoms with Crippen molar-refractivity contribution in [2.75, 3.05) is 40.1 Å². The zero-order valence-electron chi connectivity index (χ0n) is 11.6. The zero-order valence-corrected chi connectivity index (χ0v) is 13.2. The Morgan fingerprint density at radius 3 is 2.90 bits per heavy atom. The highest BCUT2D eigenvalue weighted by atomic mass is 35.5. The van der Waals surface area contributed by atoms with Crippen LogP contribution in [0.25, 0.3) is 0 Å². The first-order chi connectivity index (χ1) is 9.72. The van der Waals surface area contributed by atoms with Crippen LogP contribution in [0, 0.1) is 0 Å². The molecule has 0 aromatic heterocycles. The number of halogens is 2. The van der Waals surface area contributed by atoms with Gasteiger partial charge in [0.1, 0.15) is 0 Å². The van der Waals surface area contributed by atoms with Crippen molar-refractivity contribution >= 4 is 29.9 Å². The second-order valence-electron chi connectivity index (χ2n) is 4.19. The molecule has 1 aromatic carbocycles. The van der Waals surface area contributed by atoms with Crippen LogP contribution in [-0.2, 0) is 4.74 Å². The van der Waals surface area contributed by atoms with Gasteiger partial charge < -0.3 is 24.8 Å². The van der Waals surface area contributed by atoms with Crippen LogP contribution in [0.15, 0.2) is 12.1 Å². The number of hydrogen-bond donors (Lipinski definition) is 2. The Morgan fingerprint density at radius 1 is 1.33 bits per heavy atom. The van der Waals surface area contributed by atoms with Crippen molar-refractivity contribution in [3.63, 3.8) is 0 Å². The summed E-state index contributed by atoms with van der Waals surface area (Å²) in [6.45, 7) is 2.72. The zero-order chi connectivity index (χ0) is 14.4. The van der Waals surface area contributed by atoms with Gasteiger partial charge in [-0.05, 0) is 12.1 Å². The number of hydrogen-bond acceptors (Lipinski definition) is 5. The number of carbonyl (C=O) groups excluding carboxylic acids is 1. The molecule has 0 spiro atoms. The normalized spacial score (nSPS) is 11.9. The van der Waals surface area contributed by atoms with Crippen molar-refractivity contribution < 1.29 is 19.0 Å². The van der Waals surface area contributed by atoms with Crippen LogP contribution in [0.4, 0.5) is 0 Å². The van der Waals surface area contributed by atoms with Gasteiger partial charge in [-0.15, -0.1) is 12.4 Å². The number of benzene rings is 1. The standard InChI is InChI=1S/C13H17ClN2O4.ClH/c1-18-5-4-15-2-3-16-13(17)9-6-10(14)12-11(7-9)19-8-20-12;/h6-7,15H,2-5,8H2,1H3,(H,16,17);1H. The molecule has 6 nitrogen and oxygen atoms in total. The first-order valence-electron chi connectivity index (χ1n) is 6.29. The molecule has 0 atom stereocenters. The van der Waals surface area contributed by atoms with Gasteiger partial charge in [0, 0.05) is 32.3 Å². The fraction of sp³-hybridized carbons (Fsp3) is 0.462. The quantitative estimate of drug-likeness (QED) is 0.738. The van der Waals surface area contributed by atoms with E-state index in [1.807, 2.05) is 0 Å². The molecule has 0 radical (unpaired) electrons. The van der Waals surface area contributed by atoms with Gasteiger partial charge in [-0.2, -0.15) is 0 Å². The highest BCUT2D eigenvalue weighted by Crippen LogP contribution is 2.39. The van der Waals surface area contributed by atoms with Crippen LogP contribution in [0.3, 0.4) is 0 Å². The summed E-state index contributed by atoms with van der Waals surface area (Å²) in [6, 6.07) is 3.20. The molecule has 1 aliphatic heterocycles. The lowest BCUT2D eigenvalue weighted by Gasteiger charge is -2.08. The van der Waals surface area contributed by atoms with E-state index in [9.17, 15) is 4.79 Å². The molecule has 21 heavy (non-hydrogen) atoms. The van der Waals surface area contributed by atoms with Crippen molar-refractivity contribution in [2.24, 2.45) is 0 Å². The largest absolute Gasteiger partial charge is 0.454 e. The monoisotopic (exact) mass is 336 g/mol. The van der Waals surface area contributed by atoms with Crippen molar-refractivity contribution in [3.05, 3.63) is 22.7 Å². The molecule has 0 unspecified atom stereocenters. The van der Waals surface area contributed by atoms with Crippen molar-refractivity contribution in [2.45, 2.75) is 0 Å². The molecular formula is C13H18Cl2N2O4. The second-order valence-corrected chi connectivity index (χ2v) is 4.60. The minimum Gasteiger partial charge on any atom is -0.454 e. The lowest BCUT2D eigenvalue weighted by Crippen LogP contribution is -2.33. The highest BCUT2D eigenvalue weighted by Gasteiger charge is 2.20. The van der Waals surface area contributed by atoms with E-state index in [-0.39, 0.29) is 25.1 Å². The maximum absolute atomic E-state index is 12.0. The summed E-state index contributed by atoms with van der Waals surface area (Å²) in [5.74, 6) is 0.795. The SMILES string of the molecule is COCCNCCNC(=O)c1cc(Cl)c2c(c1)OCO2.Cl. The van der Waals surface area contributed by atoms with E-state index < -0.39 is 0 Å². The van der Waals surface area contributed by atoms with Crippen LogP contribution in [0.5, 0.6) is 11.5 Å². The van der Waals surface area contributed by atoms with Gasteiger partial charge in [0.05, 0.1) is 11.6 Å². The second kappa shape index (κ2) is 8.94. The van der Waals surface area contributed by atoms with E-state index in [1.165, 1.54) is 0 Å². The molecule has 1 amide bonds. The smallest absolute Gasteiger partial charge is 0.251 e. The van der Waals surface area contributed by atoms with Gasteiger partial charge in [-0.25, -0.2) is 0 Å². The number of fused-ring (bicyclic) bond motifs is 1. The average molecular weight is 337 g/mol. The maximum atomic E-state index is 12.0. The van der Waals surface area contributed by atoms with E-state index in [2.05, 4.69) is 10.6 Å². The van der Waals surface area contributed by atoms with Crippen molar-refractivity contribution in [3.8, 4) is 11.5 Å². The molecule has 0 saturated carbocycles. The van der Waals surface area contributed by atoms with Crippen molar-refractivity contribution in [1.82, 2.24) is 10.6 Å². The van der Waals surface area contributed by atoms with Crippen LogP contribution in [0.2, 0.25) is 5.02 Å². The van der Waals surface area contributed by atoms with E-state index in [1.54, 1.807) is 19.2 Å². The van der Waals surface area contributed by atoms with Crippen LogP contribution >= 0.6 is 24.0 Å². The number of nitrogens with one attached hydrogen (secondary N) is 2. The van der Waals surface area contributed by atoms with E-state index in [0.717, 1.165) is 6.54 Å². The Kier molecular flexibility index (Phi) is 7.60. The molecule has 2 rings (SSSR count). The van der Waals surface area contributed by atoms with Crippen molar-refractivity contribution in [1.29, 1.82) is 0 Å². The fourth-order valence-electron chi connectivity index (χ4n) is 1.76. The molecule has 8 heteroatoms. The summed E-state index contributed by atoms with van der Waals surface area (Å²) in [6.07, 6.45) is 0. The number of rotatable bonds is 7. The molecule has 0 bridgehead atoms. The third kappa shape index (κ3) is 4.93. The predicted octanol–water partition coefficient (Wildman–Crippen LogP) is 1.46. The third-order valence-electron chi connectivity index (χ3n) is 2.76. The number of ether oxygens (including phenoxy) is 3. The first-order valence-corrected chi connectivity index (χ1v) is 6.67. The number of methoxy groups -OCH3 is 1. The fourth-order valence-corrected chi connectivity index (χ4v) is 2.03. The molecule has 1 aromatic rings. The van der Waals surface area contributed by atoms with E-state index >= 15 is 0 Å². The Labute approximate surface area is 134 Å². The van der Waals surface area contributed by atoms with Gasteiger partial charge >= 0.3 is 0 Å². The topological polar surface area (TPSA) is 68.8 Å². The molecule has 1 aliphatic rings. The number of amides is 1. The van der Waals surface area contributed by atoms with Crippen LogP contribution < -0.4 is 20.1 Å². The summed E-state index contributed by atoms with van der Waals surface area (Å²) in [5.41, 5.74) is 0.455. The minimum atomic E-state index is -0.196. The summed E-state index contributed by atoms with van der Waals surface area (Å²) < 4.78 is 15.3. The molecule has 0 saturated heterocycles. The van der Waals surface area contributed by atoms with Gasteiger partial charge in [0.15, 0.2) is 11.5 Å². The minimum absolute atomic E-state index is 0. The first kappa shape index (κ1) is 17.8. The molecule has 2 N–H and O–H groups in total. The average Bonchev–Trinajstić information content (AvgIpc) is 2.91. The summed E-state index contributed by atoms with van der Waals surface area (Å²) in [7, 11) is 1.65. The predicted molar refractivity (Wildman–Crippen MR) is 81.9 cm³/mol. The van der Waals surface area contributed by atoms with Crippen LogP contribution in [0.1, 0.15) is 10.4 Å². The Morgan fingerprint density at radius 2 is 2.14 bits per heavy atom. The Balaban J connectivity index is 0.00000220. The van der Waals surface area contributed by atoms with Gasteiger partial charge in [-0.1, -0.05) is 11.6 Å². The van der Waals surface area contributed by atoms with E-state index in [4.69, 9.17) is 25.8 Å². The third-order valence-corrected chi connectivity index (χ3v) is 3.04. The van der Waals surface area contributed by atoms with Gasteiger partial charge in [-0.3, -0.25) is 4.79 Å². The summed E-state index contributed by atoms with van der Waals surface area (Å²) in [5, 5.41) is 6.31. The molecule has 0 fully saturated rings. The Hall–Kier alpha value is -1.21.